The minimum atomic E-state index is 0.262. The summed E-state index contributed by atoms with van der Waals surface area (Å²) < 4.78 is 10.5. The number of ether oxygens (including phenoxy) is 2. The van der Waals surface area contributed by atoms with Gasteiger partial charge in [-0.05, 0) is 13.0 Å². The van der Waals surface area contributed by atoms with Crippen LogP contribution in [0.4, 0.5) is 5.69 Å². The highest BCUT2D eigenvalue weighted by Gasteiger charge is 2.15. The molecule has 82 valence electrons. The fourth-order valence-electron chi connectivity index (χ4n) is 1.38. The van der Waals surface area contributed by atoms with Gasteiger partial charge in [-0.1, -0.05) is 11.6 Å². The quantitative estimate of drug-likeness (QED) is 0.772. The summed E-state index contributed by atoms with van der Waals surface area (Å²) in [5, 5.41) is 3.83. The Kier molecular flexibility index (Phi) is 3.18. The summed E-state index contributed by atoms with van der Waals surface area (Å²) in [6.45, 7) is 1.73. The molecule has 0 amide bonds. The summed E-state index contributed by atoms with van der Waals surface area (Å²) in [7, 11) is 0. The van der Waals surface area contributed by atoms with Crippen molar-refractivity contribution >= 4 is 17.3 Å². The highest BCUT2D eigenvalue weighted by Crippen LogP contribution is 2.39. The van der Waals surface area contributed by atoms with Crippen LogP contribution in [0.5, 0.6) is 11.5 Å². The van der Waals surface area contributed by atoms with E-state index in [2.05, 4.69) is 5.32 Å². The third-order valence-corrected chi connectivity index (χ3v) is 2.47. The van der Waals surface area contributed by atoms with Gasteiger partial charge in [-0.15, -0.1) is 0 Å². The van der Waals surface area contributed by atoms with E-state index >= 15 is 0 Å². The first-order chi connectivity index (χ1) is 7.31. The van der Waals surface area contributed by atoms with Gasteiger partial charge in [-0.2, -0.15) is 0 Å². The van der Waals surface area contributed by atoms with Gasteiger partial charge in [0, 0.05) is 18.7 Å². The Morgan fingerprint density at radius 1 is 1.33 bits per heavy atom. The van der Waals surface area contributed by atoms with Crippen molar-refractivity contribution in [2.24, 2.45) is 5.73 Å². The number of fused-ring (bicyclic) bond motifs is 1. The summed E-state index contributed by atoms with van der Waals surface area (Å²) in [6.07, 6.45) is 0.908. The van der Waals surface area contributed by atoms with E-state index in [9.17, 15) is 0 Å². The first-order valence-electron chi connectivity index (χ1n) is 4.84. The summed E-state index contributed by atoms with van der Waals surface area (Å²) in [4.78, 5) is 0. The van der Waals surface area contributed by atoms with Crippen LogP contribution in [0.2, 0.25) is 5.02 Å². The van der Waals surface area contributed by atoms with E-state index in [0.717, 1.165) is 24.4 Å². The molecule has 4 nitrogen and oxygen atoms in total. The maximum Gasteiger partial charge on any atom is 0.231 e. The molecule has 0 saturated carbocycles. The lowest BCUT2D eigenvalue weighted by Crippen LogP contribution is -2.08. The molecule has 0 aromatic heterocycles. The maximum absolute atomic E-state index is 6.06. The lowest BCUT2D eigenvalue weighted by molar-refractivity contribution is 0.174. The standard InChI is InChI=1S/C10H13ClN2O2/c11-7-4-9-10(15-6-14-9)5-8(7)13-3-1-2-12/h4-5,13H,1-3,6,12H2. The average molecular weight is 229 g/mol. The molecule has 3 N–H and O–H groups in total. The van der Waals surface area contributed by atoms with Crippen molar-refractivity contribution in [3.8, 4) is 11.5 Å². The topological polar surface area (TPSA) is 56.5 Å². The van der Waals surface area contributed by atoms with Gasteiger partial charge < -0.3 is 20.5 Å². The Hall–Kier alpha value is -1.13. The molecule has 15 heavy (non-hydrogen) atoms. The number of halogens is 1. The largest absolute Gasteiger partial charge is 0.454 e. The van der Waals surface area contributed by atoms with Crippen molar-refractivity contribution in [3.63, 3.8) is 0 Å². The van der Waals surface area contributed by atoms with Crippen LogP contribution in [0.25, 0.3) is 0 Å². The Bertz CT molecular complexity index is 358. The first kappa shape index (κ1) is 10.4. The van der Waals surface area contributed by atoms with Crippen LogP contribution in [0.15, 0.2) is 12.1 Å². The zero-order valence-electron chi connectivity index (χ0n) is 8.25. The summed E-state index contributed by atoms with van der Waals surface area (Å²) >= 11 is 6.06. The van der Waals surface area contributed by atoms with Gasteiger partial charge in [0.05, 0.1) is 10.7 Å². The molecule has 0 radical (unpaired) electrons. The van der Waals surface area contributed by atoms with Crippen LogP contribution in [0.3, 0.4) is 0 Å². The highest BCUT2D eigenvalue weighted by molar-refractivity contribution is 6.33. The molecular weight excluding hydrogens is 216 g/mol. The molecule has 1 heterocycles. The van der Waals surface area contributed by atoms with E-state index in [0.29, 0.717) is 17.3 Å². The number of rotatable bonds is 4. The minimum Gasteiger partial charge on any atom is -0.454 e. The fraction of sp³-hybridized carbons (Fsp3) is 0.400. The van der Waals surface area contributed by atoms with Crippen molar-refractivity contribution < 1.29 is 9.47 Å². The summed E-state index contributed by atoms with van der Waals surface area (Å²) in [5.41, 5.74) is 6.26. The molecule has 0 atom stereocenters. The van der Waals surface area contributed by atoms with E-state index in [1.165, 1.54) is 0 Å². The number of hydrogen-bond acceptors (Lipinski definition) is 4. The second-order valence-corrected chi connectivity index (χ2v) is 3.66. The molecule has 1 aromatic rings. The minimum absolute atomic E-state index is 0.262. The predicted octanol–water partition coefficient (Wildman–Crippen LogP) is 1.83. The lowest BCUT2D eigenvalue weighted by Gasteiger charge is -2.08. The van der Waals surface area contributed by atoms with Crippen LogP contribution < -0.4 is 20.5 Å². The Labute approximate surface area is 93.3 Å². The van der Waals surface area contributed by atoms with Gasteiger partial charge in [0.25, 0.3) is 0 Å². The number of benzene rings is 1. The molecule has 0 bridgehead atoms. The van der Waals surface area contributed by atoms with Crippen molar-refractivity contribution in [1.29, 1.82) is 0 Å². The molecule has 1 aliphatic heterocycles. The maximum atomic E-state index is 6.06. The molecule has 0 spiro atoms. The van der Waals surface area contributed by atoms with E-state index in [4.69, 9.17) is 26.8 Å². The first-order valence-corrected chi connectivity index (χ1v) is 5.22. The monoisotopic (exact) mass is 228 g/mol. The lowest BCUT2D eigenvalue weighted by atomic mass is 10.2. The van der Waals surface area contributed by atoms with E-state index in [1.807, 2.05) is 6.07 Å². The van der Waals surface area contributed by atoms with Gasteiger partial charge in [0.2, 0.25) is 6.79 Å². The van der Waals surface area contributed by atoms with Crippen LogP contribution in [-0.4, -0.2) is 19.9 Å². The van der Waals surface area contributed by atoms with Crippen molar-refractivity contribution in [2.75, 3.05) is 25.2 Å². The molecule has 5 heteroatoms. The Morgan fingerprint density at radius 2 is 2.07 bits per heavy atom. The third-order valence-electron chi connectivity index (χ3n) is 2.16. The van der Waals surface area contributed by atoms with Crippen LogP contribution in [0, 0.1) is 0 Å². The molecule has 2 rings (SSSR count). The van der Waals surface area contributed by atoms with Gasteiger partial charge >= 0.3 is 0 Å². The Morgan fingerprint density at radius 3 is 2.80 bits per heavy atom. The zero-order valence-corrected chi connectivity index (χ0v) is 9.01. The van der Waals surface area contributed by atoms with Gasteiger partial charge in [0.1, 0.15) is 0 Å². The number of nitrogens with one attached hydrogen (secondary N) is 1. The van der Waals surface area contributed by atoms with Gasteiger partial charge in [0.15, 0.2) is 11.5 Å². The van der Waals surface area contributed by atoms with Crippen LogP contribution in [-0.2, 0) is 0 Å². The van der Waals surface area contributed by atoms with Crippen molar-refractivity contribution in [1.82, 2.24) is 0 Å². The van der Waals surface area contributed by atoms with Crippen molar-refractivity contribution in [3.05, 3.63) is 17.2 Å². The van der Waals surface area contributed by atoms with E-state index < -0.39 is 0 Å². The fourth-order valence-corrected chi connectivity index (χ4v) is 1.60. The number of hydrogen-bond donors (Lipinski definition) is 2. The highest BCUT2D eigenvalue weighted by atomic mass is 35.5. The summed E-state index contributed by atoms with van der Waals surface area (Å²) in [6, 6.07) is 3.61. The predicted molar refractivity (Wildman–Crippen MR) is 59.7 cm³/mol. The second-order valence-electron chi connectivity index (χ2n) is 3.25. The molecule has 0 aliphatic carbocycles. The third kappa shape index (κ3) is 2.27. The molecule has 1 aromatic carbocycles. The number of anilines is 1. The van der Waals surface area contributed by atoms with Gasteiger partial charge in [-0.3, -0.25) is 0 Å². The van der Waals surface area contributed by atoms with Crippen LogP contribution in [0.1, 0.15) is 6.42 Å². The van der Waals surface area contributed by atoms with Crippen LogP contribution >= 0.6 is 11.6 Å². The molecule has 0 unspecified atom stereocenters. The molecule has 0 fully saturated rings. The SMILES string of the molecule is NCCCNc1cc2c(cc1Cl)OCO2. The molecule has 1 aliphatic rings. The molecule has 0 saturated heterocycles. The van der Waals surface area contributed by atoms with Crippen molar-refractivity contribution in [2.45, 2.75) is 6.42 Å². The zero-order chi connectivity index (χ0) is 10.7. The van der Waals surface area contributed by atoms with E-state index in [1.54, 1.807) is 6.07 Å². The average Bonchev–Trinajstić information content (AvgIpc) is 2.65. The molecular formula is C10H13ClN2O2. The second kappa shape index (κ2) is 4.59. The Balaban J connectivity index is 2.10. The van der Waals surface area contributed by atoms with E-state index in [-0.39, 0.29) is 6.79 Å². The summed E-state index contributed by atoms with van der Waals surface area (Å²) in [5.74, 6) is 1.43. The number of nitrogens with two attached hydrogens (primary N) is 1. The van der Waals surface area contributed by atoms with Gasteiger partial charge in [-0.25, -0.2) is 0 Å². The smallest absolute Gasteiger partial charge is 0.231 e. The normalized spacial score (nSPS) is 12.9.